The van der Waals surface area contributed by atoms with E-state index in [1.807, 2.05) is 0 Å². The van der Waals surface area contributed by atoms with E-state index in [2.05, 4.69) is 19.2 Å². The van der Waals surface area contributed by atoms with E-state index in [0.29, 0.717) is 0 Å². The Hall–Kier alpha value is -0.780. The second-order valence-electron chi connectivity index (χ2n) is 4.20. The zero-order valence-corrected chi connectivity index (χ0v) is 9.51. The average Bonchev–Trinajstić information content (AvgIpc) is 2.32. The summed E-state index contributed by atoms with van der Waals surface area (Å²) in [5, 5.41) is 11.2. The number of carbonyl (C=O) groups is 1. The Bertz CT molecular complexity index is 209. The van der Waals surface area contributed by atoms with Crippen molar-refractivity contribution < 1.29 is 28.4 Å². The SMILES string of the molecule is C[C@@H]1CCC[NH2+]C[C@@H]1C.O=C([O-])C(F)(F)F. The van der Waals surface area contributed by atoms with Crippen molar-refractivity contribution >= 4 is 5.97 Å². The minimum absolute atomic E-state index is 0.937. The van der Waals surface area contributed by atoms with Crippen LogP contribution in [-0.4, -0.2) is 25.2 Å². The molecule has 0 aromatic heterocycles. The molecule has 1 aliphatic heterocycles. The van der Waals surface area contributed by atoms with Crippen LogP contribution in [0.3, 0.4) is 0 Å². The molecule has 0 bridgehead atoms. The summed E-state index contributed by atoms with van der Waals surface area (Å²) in [7, 11) is 0. The first-order valence-electron chi connectivity index (χ1n) is 5.35. The van der Waals surface area contributed by atoms with Crippen molar-refractivity contribution in [3.8, 4) is 0 Å². The van der Waals surface area contributed by atoms with E-state index in [-0.39, 0.29) is 0 Å². The number of aliphatic carboxylic acids is 1. The topological polar surface area (TPSA) is 56.7 Å². The zero-order valence-electron chi connectivity index (χ0n) is 9.51. The molecule has 1 rings (SSSR count). The van der Waals surface area contributed by atoms with Crippen LogP contribution in [0.15, 0.2) is 0 Å². The van der Waals surface area contributed by atoms with E-state index in [9.17, 15) is 13.2 Å². The smallest absolute Gasteiger partial charge is 0.430 e. The van der Waals surface area contributed by atoms with Gasteiger partial charge in [-0.05, 0) is 18.8 Å². The van der Waals surface area contributed by atoms with Crippen LogP contribution in [-0.2, 0) is 4.79 Å². The lowest BCUT2D eigenvalue weighted by Gasteiger charge is -2.12. The minimum atomic E-state index is -5.19. The molecule has 0 amide bonds. The van der Waals surface area contributed by atoms with Crippen LogP contribution < -0.4 is 10.4 Å². The molecule has 0 aromatic rings. The first kappa shape index (κ1) is 15.2. The molecule has 2 N–H and O–H groups in total. The second kappa shape index (κ2) is 6.73. The van der Waals surface area contributed by atoms with Crippen LogP contribution in [0.25, 0.3) is 0 Å². The fourth-order valence-electron chi connectivity index (χ4n) is 1.48. The third-order valence-corrected chi connectivity index (χ3v) is 2.81. The highest BCUT2D eigenvalue weighted by Crippen LogP contribution is 2.15. The van der Waals surface area contributed by atoms with Crippen LogP contribution in [0.2, 0.25) is 0 Å². The average molecular weight is 241 g/mol. The van der Waals surface area contributed by atoms with Gasteiger partial charge in [-0.1, -0.05) is 13.8 Å². The molecule has 1 aliphatic rings. The number of carboxylic acid groups (broad SMARTS) is 1. The lowest BCUT2D eigenvalue weighted by Crippen LogP contribution is -2.85. The number of alkyl halides is 3. The van der Waals surface area contributed by atoms with E-state index in [1.165, 1.54) is 25.9 Å². The summed E-state index contributed by atoms with van der Waals surface area (Å²) >= 11 is 0. The molecule has 6 heteroatoms. The number of carboxylic acids is 1. The van der Waals surface area contributed by atoms with Crippen LogP contribution in [0.4, 0.5) is 13.2 Å². The monoisotopic (exact) mass is 241 g/mol. The number of hydrogen-bond acceptors (Lipinski definition) is 2. The van der Waals surface area contributed by atoms with Gasteiger partial charge in [0.25, 0.3) is 0 Å². The molecule has 0 aromatic carbocycles. The predicted molar refractivity (Wildman–Crippen MR) is 50.3 cm³/mol. The Morgan fingerprint density at radius 2 is 1.81 bits per heavy atom. The van der Waals surface area contributed by atoms with E-state index in [0.717, 1.165) is 11.8 Å². The number of quaternary nitrogens is 1. The fourth-order valence-corrected chi connectivity index (χ4v) is 1.48. The van der Waals surface area contributed by atoms with Gasteiger partial charge >= 0.3 is 6.18 Å². The first-order valence-corrected chi connectivity index (χ1v) is 5.35. The van der Waals surface area contributed by atoms with Crippen molar-refractivity contribution in [2.75, 3.05) is 13.1 Å². The molecule has 96 valence electrons. The molecular formula is C10H18F3NO2. The van der Waals surface area contributed by atoms with Gasteiger partial charge in [0.15, 0.2) is 0 Å². The molecular weight excluding hydrogens is 223 g/mol. The predicted octanol–water partition coefficient (Wildman–Crippen LogP) is -0.0856. The number of rotatable bonds is 0. The molecule has 0 unspecified atom stereocenters. The van der Waals surface area contributed by atoms with Gasteiger partial charge in [0.1, 0.15) is 5.97 Å². The molecule has 0 radical (unpaired) electrons. The summed E-state index contributed by atoms with van der Waals surface area (Å²) < 4.78 is 31.5. The molecule has 2 atom stereocenters. The van der Waals surface area contributed by atoms with Crippen molar-refractivity contribution in [3.63, 3.8) is 0 Å². The molecule has 0 aliphatic carbocycles. The lowest BCUT2D eigenvalue weighted by atomic mass is 9.93. The summed E-state index contributed by atoms with van der Waals surface area (Å²) in [6.07, 6.45) is -2.33. The first-order chi connectivity index (χ1) is 7.25. The van der Waals surface area contributed by atoms with E-state index >= 15 is 0 Å². The van der Waals surface area contributed by atoms with Crippen LogP contribution in [0.5, 0.6) is 0 Å². The number of carbonyl (C=O) groups excluding carboxylic acids is 1. The Morgan fingerprint density at radius 3 is 2.25 bits per heavy atom. The molecule has 3 nitrogen and oxygen atoms in total. The van der Waals surface area contributed by atoms with Gasteiger partial charge in [0, 0.05) is 5.92 Å². The van der Waals surface area contributed by atoms with Gasteiger partial charge in [-0.25, -0.2) is 0 Å². The standard InChI is InChI=1S/C8H17N.C2HF3O2/c1-7-4-3-5-9-6-8(7)2;3-2(4,5)1(6)7/h7-9H,3-6H2,1-2H3;(H,6,7)/t7-,8+;/m1./s1. The maximum absolute atomic E-state index is 10.5. The zero-order chi connectivity index (χ0) is 12.8. The normalized spacial score (nSPS) is 26.3. The second-order valence-corrected chi connectivity index (χ2v) is 4.20. The number of hydrogen-bond donors (Lipinski definition) is 1. The van der Waals surface area contributed by atoms with Gasteiger partial charge in [-0.15, -0.1) is 0 Å². The summed E-state index contributed by atoms with van der Waals surface area (Å²) in [5.74, 6) is -1.11. The Morgan fingerprint density at radius 1 is 1.31 bits per heavy atom. The van der Waals surface area contributed by atoms with E-state index < -0.39 is 12.1 Å². The number of nitrogens with two attached hydrogens (primary N) is 1. The van der Waals surface area contributed by atoms with Crippen molar-refractivity contribution in [1.82, 2.24) is 0 Å². The summed E-state index contributed by atoms with van der Waals surface area (Å²) in [6.45, 7) is 7.45. The van der Waals surface area contributed by atoms with Gasteiger partial charge < -0.3 is 15.2 Å². The summed E-state index contributed by atoms with van der Waals surface area (Å²) in [4.78, 5) is 8.78. The maximum atomic E-state index is 10.5. The van der Waals surface area contributed by atoms with E-state index in [4.69, 9.17) is 9.90 Å². The quantitative estimate of drug-likeness (QED) is 0.644. The molecule has 1 fully saturated rings. The van der Waals surface area contributed by atoms with Crippen molar-refractivity contribution in [3.05, 3.63) is 0 Å². The third-order valence-electron chi connectivity index (χ3n) is 2.81. The van der Waals surface area contributed by atoms with Gasteiger partial charge in [-0.3, -0.25) is 0 Å². The summed E-state index contributed by atoms with van der Waals surface area (Å²) in [6, 6.07) is 0. The van der Waals surface area contributed by atoms with Gasteiger partial charge in [0.05, 0.1) is 13.1 Å². The highest BCUT2D eigenvalue weighted by molar-refractivity contribution is 5.70. The largest absolute Gasteiger partial charge is 0.542 e. The van der Waals surface area contributed by atoms with Crippen molar-refractivity contribution in [1.29, 1.82) is 0 Å². The lowest BCUT2D eigenvalue weighted by molar-refractivity contribution is -0.658. The molecule has 16 heavy (non-hydrogen) atoms. The molecule has 0 saturated carbocycles. The van der Waals surface area contributed by atoms with Crippen LogP contribution in [0, 0.1) is 11.8 Å². The summed E-state index contributed by atoms with van der Waals surface area (Å²) in [5.41, 5.74) is 0. The molecule has 1 saturated heterocycles. The molecule has 0 spiro atoms. The van der Waals surface area contributed by atoms with Gasteiger partial charge in [0.2, 0.25) is 0 Å². The number of halogens is 3. The fraction of sp³-hybridized carbons (Fsp3) is 0.900. The van der Waals surface area contributed by atoms with Crippen molar-refractivity contribution in [2.24, 2.45) is 11.8 Å². The highest BCUT2D eigenvalue weighted by atomic mass is 19.4. The third kappa shape index (κ3) is 6.66. The van der Waals surface area contributed by atoms with Crippen molar-refractivity contribution in [2.45, 2.75) is 32.9 Å². The Balaban J connectivity index is 0.000000293. The van der Waals surface area contributed by atoms with Gasteiger partial charge in [-0.2, -0.15) is 13.2 Å². The Labute approximate surface area is 93.0 Å². The highest BCUT2D eigenvalue weighted by Gasteiger charge is 2.28. The Kier molecular flexibility index (Phi) is 6.40. The van der Waals surface area contributed by atoms with E-state index in [1.54, 1.807) is 0 Å². The van der Waals surface area contributed by atoms with Crippen LogP contribution >= 0.6 is 0 Å². The minimum Gasteiger partial charge on any atom is -0.542 e. The molecule has 1 heterocycles. The van der Waals surface area contributed by atoms with Crippen LogP contribution in [0.1, 0.15) is 26.7 Å². The maximum Gasteiger partial charge on any atom is 0.430 e.